The summed E-state index contributed by atoms with van der Waals surface area (Å²) in [6.45, 7) is 0.576. The Kier molecular flexibility index (Phi) is 4.60. The number of nitrogens with two attached hydrogens (primary N) is 1. The van der Waals surface area contributed by atoms with Crippen LogP contribution < -0.4 is 10.5 Å². The van der Waals surface area contributed by atoms with Gasteiger partial charge in [0.25, 0.3) is 5.91 Å². The first-order valence-electron chi connectivity index (χ1n) is 6.41. The van der Waals surface area contributed by atoms with Gasteiger partial charge in [0.2, 0.25) is 0 Å². The van der Waals surface area contributed by atoms with Gasteiger partial charge in [0, 0.05) is 25.3 Å². The van der Waals surface area contributed by atoms with E-state index in [2.05, 4.69) is 0 Å². The average Bonchev–Trinajstić information content (AvgIpc) is 2.46. The number of rotatable bonds is 5. The lowest BCUT2D eigenvalue weighted by Gasteiger charge is -2.17. The topological polar surface area (TPSA) is 55.6 Å². The summed E-state index contributed by atoms with van der Waals surface area (Å²) in [5.41, 5.74) is 7.36. The highest BCUT2D eigenvalue weighted by atomic mass is 16.5. The number of ether oxygens (including phenoxy) is 1. The van der Waals surface area contributed by atoms with Crippen LogP contribution in [0.3, 0.4) is 0 Å². The van der Waals surface area contributed by atoms with Gasteiger partial charge in [0.15, 0.2) is 6.61 Å². The van der Waals surface area contributed by atoms with Crippen LogP contribution in [0.25, 0.3) is 0 Å². The smallest absolute Gasteiger partial charge is 0.260 e. The molecule has 0 aromatic heterocycles. The molecule has 104 valence electrons. The molecule has 0 unspecified atom stereocenters. The van der Waals surface area contributed by atoms with Gasteiger partial charge in [-0.1, -0.05) is 36.4 Å². The molecule has 0 atom stereocenters. The van der Waals surface area contributed by atoms with E-state index in [9.17, 15) is 4.79 Å². The largest absolute Gasteiger partial charge is 0.484 e. The Bertz CT molecular complexity index is 570. The third kappa shape index (κ3) is 4.02. The first kappa shape index (κ1) is 13.9. The molecule has 2 rings (SSSR count). The van der Waals surface area contributed by atoms with Crippen LogP contribution in [-0.2, 0) is 11.3 Å². The summed E-state index contributed by atoms with van der Waals surface area (Å²) in [6.07, 6.45) is 0. The fourth-order valence-electron chi connectivity index (χ4n) is 1.81. The second kappa shape index (κ2) is 6.61. The molecule has 0 radical (unpaired) electrons. The summed E-state index contributed by atoms with van der Waals surface area (Å²) < 4.78 is 5.44. The van der Waals surface area contributed by atoms with Crippen molar-refractivity contribution in [3.8, 4) is 5.75 Å². The molecule has 2 N–H and O–H groups in total. The van der Waals surface area contributed by atoms with E-state index >= 15 is 0 Å². The van der Waals surface area contributed by atoms with Crippen LogP contribution in [0.5, 0.6) is 5.75 Å². The highest BCUT2D eigenvalue weighted by molar-refractivity contribution is 5.77. The quantitative estimate of drug-likeness (QED) is 0.848. The van der Waals surface area contributed by atoms with Crippen molar-refractivity contribution in [3.63, 3.8) is 0 Å². The summed E-state index contributed by atoms with van der Waals surface area (Å²) in [5.74, 6) is 0.530. The average molecular weight is 270 g/mol. The van der Waals surface area contributed by atoms with Gasteiger partial charge in [-0.15, -0.1) is 0 Å². The highest BCUT2D eigenvalue weighted by Crippen LogP contribution is 2.14. The van der Waals surface area contributed by atoms with Gasteiger partial charge in [0.1, 0.15) is 5.75 Å². The summed E-state index contributed by atoms with van der Waals surface area (Å²) >= 11 is 0. The zero-order chi connectivity index (χ0) is 14.4. The van der Waals surface area contributed by atoms with Gasteiger partial charge < -0.3 is 15.4 Å². The molecule has 0 fully saturated rings. The first-order chi connectivity index (χ1) is 9.65. The Morgan fingerprint density at radius 2 is 1.90 bits per heavy atom. The Hall–Kier alpha value is -2.49. The predicted molar refractivity (Wildman–Crippen MR) is 79.3 cm³/mol. The van der Waals surface area contributed by atoms with Crippen LogP contribution in [0.1, 0.15) is 5.56 Å². The zero-order valence-electron chi connectivity index (χ0n) is 11.5. The standard InChI is InChI=1S/C16H18N2O2/c1-18(11-13-6-3-2-4-7-13)16(19)12-20-15-9-5-8-14(17)10-15/h2-10H,11-12,17H2,1H3. The van der Waals surface area contributed by atoms with Crippen LogP contribution in [0, 0.1) is 0 Å². The lowest BCUT2D eigenvalue weighted by molar-refractivity contribution is -0.132. The maximum Gasteiger partial charge on any atom is 0.260 e. The maximum absolute atomic E-state index is 12.0. The minimum absolute atomic E-state index is 0.00673. The van der Waals surface area contributed by atoms with Gasteiger partial charge in [-0.3, -0.25) is 4.79 Å². The minimum atomic E-state index is -0.0729. The molecule has 0 spiro atoms. The molecule has 4 heteroatoms. The molecular weight excluding hydrogens is 252 g/mol. The lowest BCUT2D eigenvalue weighted by Crippen LogP contribution is -2.30. The SMILES string of the molecule is CN(Cc1ccccc1)C(=O)COc1cccc(N)c1. The number of nitrogen functional groups attached to an aromatic ring is 1. The number of amides is 1. The Morgan fingerprint density at radius 3 is 2.60 bits per heavy atom. The monoisotopic (exact) mass is 270 g/mol. The van der Waals surface area contributed by atoms with Crippen molar-refractivity contribution in [2.75, 3.05) is 19.4 Å². The van der Waals surface area contributed by atoms with E-state index in [1.54, 1.807) is 36.2 Å². The highest BCUT2D eigenvalue weighted by Gasteiger charge is 2.10. The van der Waals surface area contributed by atoms with Crippen molar-refractivity contribution in [1.29, 1.82) is 0 Å². The van der Waals surface area contributed by atoms with Crippen molar-refractivity contribution < 1.29 is 9.53 Å². The molecule has 0 saturated heterocycles. The summed E-state index contributed by atoms with van der Waals surface area (Å²) in [5, 5.41) is 0. The summed E-state index contributed by atoms with van der Waals surface area (Å²) in [6, 6.07) is 16.9. The number of nitrogens with zero attached hydrogens (tertiary/aromatic N) is 1. The number of carbonyl (C=O) groups is 1. The molecule has 0 aliphatic carbocycles. The van der Waals surface area contributed by atoms with E-state index < -0.39 is 0 Å². The van der Waals surface area contributed by atoms with E-state index in [-0.39, 0.29) is 12.5 Å². The molecule has 0 heterocycles. The van der Waals surface area contributed by atoms with Crippen LogP contribution in [-0.4, -0.2) is 24.5 Å². The van der Waals surface area contributed by atoms with Crippen molar-refractivity contribution in [1.82, 2.24) is 4.90 Å². The van der Waals surface area contributed by atoms with Gasteiger partial charge >= 0.3 is 0 Å². The number of hydrogen-bond donors (Lipinski definition) is 1. The van der Waals surface area contributed by atoms with Crippen LogP contribution >= 0.6 is 0 Å². The molecule has 20 heavy (non-hydrogen) atoms. The fourth-order valence-corrected chi connectivity index (χ4v) is 1.81. The van der Waals surface area contributed by atoms with Crippen molar-refractivity contribution in [2.45, 2.75) is 6.54 Å². The number of carbonyl (C=O) groups excluding carboxylic acids is 1. The van der Waals surface area contributed by atoms with Crippen LogP contribution in [0.15, 0.2) is 54.6 Å². The maximum atomic E-state index is 12.0. The predicted octanol–water partition coefficient (Wildman–Crippen LogP) is 2.31. The molecule has 0 aliphatic rings. The molecule has 0 aliphatic heterocycles. The normalized spacial score (nSPS) is 10.1. The Balaban J connectivity index is 1.85. The van der Waals surface area contributed by atoms with Crippen molar-refractivity contribution in [3.05, 3.63) is 60.2 Å². The van der Waals surface area contributed by atoms with E-state index in [0.717, 1.165) is 5.56 Å². The molecule has 1 amide bonds. The van der Waals surface area contributed by atoms with Crippen LogP contribution in [0.2, 0.25) is 0 Å². The number of likely N-dealkylation sites (N-methyl/N-ethyl adjacent to an activating group) is 1. The third-order valence-electron chi connectivity index (χ3n) is 2.91. The van der Waals surface area contributed by atoms with Crippen LogP contribution in [0.4, 0.5) is 5.69 Å². The van der Waals surface area contributed by atoms with E-state index in [4.69, 9.17) is 10.5 Å². The summed E-state index contributed by atoms with van der Waals surface area (Å²) in [4.78, 5) is 13.6. The van der Waals surface area contributed by atoms with Gasteiger partial charge in [-0.25, -0.2) is 0 Å². The van der Waals surface area contributed by atoms with E-state index in [0.29, 0.717) is 18.0 Å². The van der Waals surface area contributed by atoms with Crippen molar-refractivity contribution in [2.24, 2.45) is 0 Å². The third-order valence-corrected chi connectivity index (χ3v) is 2.91. The van der Waals surface area contributed by atoms with Gasteiger partial charge in [-0.2, -0.15) is 0 Å². The summed E-state index contributed by atoms with van der Waals surface area (Å²) in [7, 11) is 1.76. The molecule has 2 aromatic rings. The first-order valence-corrected chi connectivity index (χ1v) is 6.41. The van der Waals surface area contributed by atoms with Gasteiger partial charge in [-0.05, 0) is 17.7 Å². The fraction of sp³-hybridized carbons (Fsp3) is 0.188. The number of hydrogen-bond acceptors (Lipinski definition) is 3. The van der Waals surface area contributed by atoms with E-state index in [1.807, 2.05) is 30.3 Å². The van der Waals surface area contributed by atoms with Gasteiger partial charge in [0.05, 0.1) is 0 Å². The zero-order valence-corrected chi connectivity index (χ0v) is 11.5. The lowest BCUT2D eigenvalue weighted by atomic mass is 10.2. The second-order valence-corrected chi connectivity index (χ2v) is 4.60. The molecule has 0 bridgehead atoms. The molecular formula is C16H18N2O2. The Morgan fingerprint density at radius 1 is 1.15 bits per heavy atom. The molecule has 4 nitrogen and oxygen atoms in total. The van der Waals surface area contributed by atoms with Crippen molar-refractivity contribution >= 4 is 11.6 Å². The van der Waals surface area contributed by atoms with E-state index in [1.165, 1.54) is 0 Å². The Labute approximate surface area is 118 Å². The molecule has 0 saturated carbocycles. The molecule has 2 aromatic carbocycles. The number of anilines is 1. The number of benzene rings is 2. The second-order valence-electron chi connectivity index (χ2n) is 4.60. The minimum Gasteiger partial charge on any atom is -0.484 e.